The molecular formula is C34H40O9Si. The van der Waals surface area contributed by atoms with Crippen molar-refractivity contribution < 1.29 is 42.5 Å². The highest BCUT2D eigenvalue weighted by Crippen LogP contribution is 2.38. The fourth-order valence-electron chi connectivity index (χ4n) is 4.41. The Morgan fingerprint density at radius 1 is 0.659 bits per heavy atom. The van der Waals surface area contributed by atoms with Gasteiger partial charge in [-0.3, -0.25) is 0 Å². The predicted molar refractivity (Wildman–Crippen MR) is 166 cm³/mol. The second kappa shape index (κ2) is 14.3. The number of hydrogen-bond donors (Lipinski definition) is 0. The van der Waals surface area contributed by atoms with Crippen molar-refractivity contribution in [1.82, 2.24) is 0 Å². The summed E-state index contributed by atoms with van der Waals surface area (Å²) in [6, 6.07) is 25.2. The zero-order chi connectivity index (χ0) is 31.9. The van der Waals surface area contributed by atoms with Crippen LogP contribution in [0.25, 0.3) is 0 Å². The van der Waals surface area contributed by atoms with Crippen LogP contribution in [-0.4, -0.2) is 70.6 Å². The molecule has 0 amide bonds. The lowest BCUT2D eigenvalue weighted by Crippen LogP contribution is -2.63. The Bertz CT molecular complexity index is 1390. The van der Waals surface area contributed by atoms with E-state index in [2.05, 4.69) is 33.9 Å². The molecule has 234 valence electrons. The van der Waals surface area contributed by atoms with Crippen LogP contribution in [0.4, 0.5) is 0 Å². The first-order valence-corrected chi connectivity index (χ1v) is 17.4. The van der Waals surface area contributed by atoms with Gasteiger partial charge in [-0.05, 0) is 54.5 Å². The number of esters is 3. The summed E-state index contributed by atoms with van der Waals surface area (Å²) < 4.78 is 36.4. The topological polar surface area (TPSA) is 107 Å². The standard InChI is InChI=1S/C34H40O9Si/c1-34(2,3)44(5,6)39-22-26-27(41-30(35)23-16-10-7-11-17-23)28(42-31(36)24-18-12-8-13-19-24)29(33(38-4)40-26)43-32(37)25-20-14-9-15-21-25/h7-21,26-29,33H,22H2,1-6H3. The monoisotopic (exact) mass is 620 g/mol. The predicted octanol–water partition coefficient (Wildman–Crippen LogP) is 6.06. The maximum atomic E-state index is 13.5. The molecule has 1 saturated heterocycles. The number of methoxy groups -OCH3 is 1. The van der Waals surface area contributed by atoms with Gasteiger partial charge in [0.05, 0.1) is 23.3 Å². The van der Waals surface area contributed by atoms with Crippen LogP contribution in [0.2, 0.25) is 18.1 Å². The third-order valence-electron chi connectivity index (χ3n) is 8.00. The van der Waals surface area contributed by atoms with Gasteiger partial charge >= 0.3 is 17.9 Å². The van der Waals surface area contributed by atoms with E-state index < -0.39 is 56.9 Å². The molecule has 44 heavy (non-hydrogen) atoms. The molecule has 0 spiro atoms. The van der Waals surface area contributed by atoms with Crippen molar-refractivity contribution in [3.8, 4) is 0 Å². The number of benzene rings is 3. The van der Waals surface area contributed by atoms with E-state index in [4.69, 9.17) is 28.1 Å². The first kappa shape index (κ1) is 33.1. The van der Waals surface area contributed by atoms with Crippen molar-refractivity contribution in [3.63, 3.8) is 0 Å². The first-order chi connectivity index (χ1) is 20.9. The number of hydrogen-bond acceptors (Lipinski definition) is 9. The molecule has 4 rings (SSSR count). The number of rotatable bonds is 10. The highest BCUT2D eigenvalue weighted by Gasteiger charge is 2.53. The van der Waals surface area contributed by atoms with Crippen LogP contribution in [0.1, 0.15) is 51.8 Å². The van der Waals surface area contributed by atoms with Gasteiger partial charge in [0.25, 0.3) is 0 Å². The van der Waals surface area contributed by atoms with E-state index in [0.29, 0.717) is 0 Å². The highest BCUT2D eigenvalue weighted by molar-refractivity contribution is 6.74. The van der Waals surface area contributed by atoms with Crippen molar-refractivity contribution in [2.75, 3.05) is 13.7 Å². The zero-order valence-electron chi connectivity index (χ0n) is 25.9. The molecule has 0 saturated carbocycles. The average molecular weight is 621 g/mol. The molecule has 5 unspecified atom stereocenters. The fraction of sp³-hybridized carbons (Fsp3) is 0.382. The molecule has 1 aliphatic heterocycles. The quantitative estimate of drug-likeness (QED) is 0.152. The Morgan fingerprint density at radius 3 is 1.43 bits per heavy atom. The Morgan fingerprint density at radius 2 is 1.05 bits per heavy atom. The molecule has 0 aliphatic carbocycles. The minimum atomic E-state index is -2.30. The third-order valence-corrected chi connectivity index (χ3v) is 12.5. The Kier molecular flexibility index (Phi) is 10.7. The minimum Gasteiger partial charge on any atom is -0.452 e. The van der Waals surface area contributed by atoms with Gasteiger partial charge < -0.3 is 28.1 Å². The Hall–Kier alpha value is -3.83. The maximum Gasteiger partial charge on any atom is 0.338 e. The van der Waals surface area contributed by atoms with Gasteiger partial charge in [0.15, 0.2) is 32.9 Å². The molecule has 1 aliphatic rings. The molecule has 3 aromatic carbocycles. The minimum absolute atomic E-state index is 0.0157. The van der Waals surface area contributed by atoms with Crippen LogP contribution in [0.15, 0.2) is 91.0 Å². The van der Waals surface area contributed by atoms with Crippen molar-refractivity contribution in [1.29, 1.82) is 0 Å². The Balaban J connectivity index is 1.74. The maximum absolute atomic E-state index is 13.5. The van der Waals surface area contributed by atoms with Crippen molar-refractivity contribution in [2.45, 2.75) is 69.6 Å². The number of carbonyl (C=O) groups is 3. The molecule has 1 heterocycles. The molecule has 0 aromatic heterocycles. The van der Waals surface area contributed by atoms with Crippen molar-refractivity contribution >= 4 is 26.2 Å². The van der Waals surface area contributed by atoms with E-state index in [0.717, 1.165) is 0 Å². The summed E-state index contributed by atoms with van der Waals surface area (Å²) in [6.45, 7) is 10.5. The summed E-state index contributed by atoms with van der Waals surface area (Å²) in [5.74, 6) is -2.05. The number of carbonyl (C=O) groups excluding carboxylic acids is 3. The lowest BCUT2D eigenvalue weighted by molar-refractivity contribution is -0.291. The fourth-order valence-corrected chi connectivity index (χ4v) is 5.42. The van der Waals surface area contributed by atoms with E-state index >= 15 is 0 Å². The van der Waals surface area contributed by atoms with Gasteiger partial charge in [-0.2, -0.15) is 0 Å². The van der Waals surface area contributed by atoms with Gasteiger partial charge in [0, 0.05) is 7.11 Å². The Labute approximate surface area is 259 Å². The second-order valence-corrected chi connectivity index (χ2v) is 16.9. The van der Waals surface area contributed by atoms with Crippen LogP contribution in [-0.2, 0) is 28.1 Å². The first-order valence-electron chi connectivity index (χ1n) is 14.5. The SMILES string of the molecule is COC1OC(CO[Si](C)(C)C(C)(C)C)C(OC(=O)c2ccccc2)C(OC(=O)c2ccccc2)C1OC(=O)c1ccccc1. The molecular weight excluding hydrogens is 580 g/mol. The van der Waals surface area contributed by atoms with Crippen molar-refractivity contribution in [3.05, 3.63) is 108 Å². The summed E-state index contributed by atoms with van der Waals surface area (Å²) in [4.78, 5) is 40.2. The van der Waals surface area contributed by atoms with Gasteiger partial charge in [0.2, 0.25) is 0 Å². The smallest absolute Gasteiger partial charge is 0.338 e. The molecule has 3 aromatic rings. The van der Waals surface area contributed by atoms with Crippen LogP contribution in [0.3, 0.4) is 0 Å². The molecule has 0 bridgehead atoms. The van der Waals surface area contributed by atoms with Crippen LogP contribution >= 0.6 is 0 Å². The van der Waals surface area contributed by atoms with Gasteiger partial charge in [-0.1, -0.05) is 75.4 Å². The third kappa shape index (κ3) is 8.00. The largest absolute Gasteiger partial charge is 0.452 e. The van der Waals surface area contributed by atoms with Crippen LogP contribution in [0, 0.1) is 0 Å². The van der Waals surface area contributed by atoms with E-state index in [1.54, 1.807) is 91.0 Å². The molecule has 1 fully saturated rings. The zero-order valence-corrected chi connectivity index (χ0v) is 26.9. The normalized spacial score (nSPS) is 22.1. The molecule has 0 N–H and O–H groups in total. The lowest BCUT2D eigenvalue weighted by atomic mass is 9.97. The summed E-state index contributed by atoms with van der Waals surface area (Å²) in [7, 11) is -0.908. The highest BCUT2D eigenvalue weighted by atomic mass is 28.4. The molecule has 10 heteroatoms. The van der Waals surface area contributed by atoms with Crippen molar-refractivity contribution in [2.24, 2.45) is 0 Å². The van der Waals surface area contributed by atoms with E-state index in [1.165, 1.54) is 7.11 Å². The van der Waals surface area contributed by atoms with E-state index in [1.807, 2.05) is 0 Å². The molecule has 5 atom stereocenters. The van der Waals surface area contributed by atoms with Crippen LogP contribution < -0.4 is 0 Å². The summed E-state index contributed by atoms with van der Waals surface area (Å²) >= 11 is 0. The van der Waals surface area contributed by atoms with Gasteiger partial charge in [-0.25, -0.2) is 14.4 Å². The summed E-state index contributed by atoms with van der Waals surface area (Å²) in [5.41, 5.74) is 0.830. The van der Waals surface area contributed by atoms with Crippen LogP contribution in [0.5, 0.6) is 0 Å². The lowest BCUT2D eigenvalue weighted by Gasteiger charge is -2.45. The van der Waals surface area contributed by atoms with E-state index in [-0.39, 0.29) is 28.3 Å². The average Bonchev–Trinajstić information content (AvgIpc) is 3.02. The molecule has 9 nitrogen and oxygen atoms in total. The summed E-state index contributed by atoms with van der Waals surface area (Å²) in [6.07, 6.45) is -5.93. The molecule has 0 radical (unpaired) electrons. The summed E-state index contributed by atoms with van der Waals surface area (Å²) in [5, 5.41) is -0.120. The number of ether oxygens (including phenoxy) is 5. The van der Waals surface area contributed by atoms with Gasteiger partial charge in [-0.15, -0.1) is 0 Å². The van der Waals surface area contributed by atoms with E-state index in [9.17, 15) is 14.4 Å². The second-order valence-electron chi connectivity index (χ2n) is 12.1. The van der Waals surface area contributed by atoms with Gasteiger partial charge in [0.1, 0.15) is 6.10 Å².